The maximum Gasteiger partial charge on any atom is 0.172 e. The van der Waals surface area contributed by atoms with Crippen molar-refractivity contribution in [2.75, 3.05) is 13.2 Å². The number of fused-ring (bicyclic) bond motifs is 2. The molecule has 2 saturated carbocycles. The molecule has 4 nitrogen and oxygen atoms in total. The van der Waals surface area contributed by atoms with Crippen LogP contribution in [0.25, 0.3) is 0 Å². The Bertz CT molecular complexity index is 511. The van der Waals surface area contributed by atoms with Crippen molar-refractivity contribution in [3.8, 4) is 0 Å². The van der Waals surface area contributed by atoms with Crippen LogP contribution in [0.15, 0.2) is 30.3 Å². The molecular weight excluding hydrogens is 280 g/mol. The normalized spacial score (nSPS) is 37.0. The zero-order chi connectivity index (χ0) is 15.2. The predicted molar refractivity (Wildman–Crippen MR) is 81.0 cm³/mol. The number of hydrogen-bond donors (Lipinski definition) is 2. The summed E-state index contributed by atoms with van der Waals surface area (Å²) in [4.78, 5) is 0. The smallest absolute Gasteiger partial charge is 0.172 e. The molecule has 1 heterocycles. The average molecular weight is 304 g/mol. The Morgan fingerprint density at radius 1 is 1.18 bits per heavy atom. The summed E-state index contributed by atoms with van der Waals surface area (Å²) in [5.74, 6) is 0.514. The molecule has 3 aliphatic rings. The van der Waals surface area contributed by atoms with E-state index in [0.717, 1.165) is 24.8 Å². The molecular formula is C18H24O4. The highest BCUT2D eigenvalue weighted by Gasteiger charge is 2.64. The first kappa shape index (κ1) is 14.6. The third kappa shape index (κ3) is 2.29. The van der Waals surface area contributed by atoms with E-state index in [2.05, 4.69) is 0 Å². The number of hydrogen-bond acceptors (Lipinski definition) is 4. The number of aliphatic hydroxyl groups excluding tert-OH is 2. The van der Waals surface area contributed by atoms with Crippen molar-refractivity contribution < 1.29 is 19.7 Å². The number of ether oxygens (including phenoxy) is 2. The number of aliphatic hydroxyl groups is 2. The Kier molecular flexibility index (Phi) is 3.73. The van der Waals surface area contributed by atoms with Gasteiger partial charge in [-0.05, 0) is 36.7 Å². The van der Waals surface area contributed by atoms with E-state index in [1.807, 2.05) is 30.3 Å². The molecule has 2 aliphatic carbocycles. The summed E-state index contributed by atoms with van der Waals surface area (Å²) < 4.78 is 11.6. The van der Waals surface area contributed by atoms with Crippen molar-refractivity contribution in [1.82, 2.24) is 0 Å². The average Bonchev–Trinajstić information content (AvgIpc) is 3.12. The van der Waals surface area contributed by atoms with Crippen LogP contribution in [0.5, 0.6) is 0 Å². The fourth-order valence-corrected chi connectivity index (χ4v) is 4.62. The summed E-state index contributed by atoms with van der Waals surface area (Å²) in [5.41, 5.74) is 0.955. The quantitative estimate of drug-likeness (QED) is 0.896. The first-order valence-electron chi connectivity index (χ1n) is 8.38. The van der Waals surface area contributed by atoms with Gasteiger partial charge in [0.2, 0.25) is 0 Å². The fourth-order valence-electron chi connectivity index (χ4n) is 4.62. The van der Waals surface area contributed by atoms with Crippen LogP contribution < -0.4 is 0 Å². The van der Waals surface area contributed by atoms with Gasteiger partial charge in [0.1, 0.15) is 0 Å². The molecule has 1 saturated heterocycles. The second-order valence-electron chi connectivity index (χ2n) is 6.97. The second-order valence-corrected chi connectivity index (χ2v) is 6.97. The van der Waals surface area contributed by atoms with Crippen molar-refractivity contribution in [3.63, 3.8) is 0 Å². The predicted octanol–water partition coefficient (Wildman–Crippen LogP) is 2.26. The van der Waals surface area contributed by atoms with Gasteiger partial charge in [0.05, 0.1) is 25.4 Å². The van der Waals surface area contributed by atoms with E-state index in [4.69, 9.17) is 9.47 Å². The van der Waals surface area contributed by atoms with Crippen LogP contribution in [0.1, 0.15) is 37.4 Å². The van der Waals surface area contributed by atoms with E-state index in [0.29, 0.717) is 31.5 Å². The van der Waals surface area contributed by atoms with Gasteiger partial charge >= 0.3 is 0 Å². The van der Waals surface area contributed by atoms with Crippen LogP contribution in [-0.2, 0) is 9.47 Å². The van der Waals surface area contributed by atoms with Crippen molar-refractivity contribution in [2.24, 2.45) is 17.8 Å². The van der Waals surface area contributed by atoms with E-state index in [1.54, 1.807) is 0 Å². The van der Waals surface area contributed by atoms with Gasteiger partial charge in [-0.1, -0.05) is 30.3 Å². The third-order valence-corrected chi connectivity index (χ3v) is 5.85. The van der Waals surface area contributed by atoms with Crippen LogP contribution in [0, 0.1) is 17.8 Å². The topological polar surface area (TPSA) is 58.9 Å². The molecule has 1 aliphatic heterocycles. The molecule has 22 heavy (non-hydrogen) atoms. The van der Waals surface area contributed by atoms with E-state index in [1.165, 1.54) is 0 Å². The lowest BCUT2D eigenvalue weighted by Gasteiger charge is -2.48. The standard InChI is InChI=1S/C18H24O4/c19-16(12-4-2-1-3-5-12)7-6-13-10-15-14(17(13)20)11-18(15)21-8-9-22-18/h1-5,13-17,19-20H,6-11H2. The number of rotatable bonds is 4. The molecule has 4 heteroatoms. The Morgan fingerprint density at radius 3 is 2.64 bits per heavy atom. The minimum atomic E-state index is -0.445. The highest BCUT2D eigenvalue weighted by atomic mass is 16.7. The van der Waals surface area contributed by atoms with Crippen LogP contribution in [-0.4, -0.2) is 35.3 Å². The van der Waals surface area contributed by atoms with Crippen LogP contribution in [0.3, 0.4) is 0 Å². The number of benzene rings is 1. The summed E-state index contributed by atoms with van der Waals surface area (Å²) in [6.07, 6.45) is 2.61. The molecule has 5 unspecified atom stereocenters. The molecule has 5 atom stereocenters. The van der Waals surface area contributed by atoms with Crippen molar-refractivity contribution in [3.05, 3.63) is 35.9 Å². The molecule has 3 fully saturated rings. The van der Waals surface area contributed by atoms with Gasteiger partial charge in [-0.25, -0.2) is 0 Å². The fraction of sp³-hybridized carbons (Fsp3) is 0.667. The van der Waals surface area contributed by atoms with Crippen molar-refractivity contribution >= 4 is 0 Å². The summed E-state index contributed by atoms with van der Waals surface area (Å²) in [7, 11) is 0. The zero-order valence-corrected chi connectivity index (χ0v) is 12.7. The Balaban J connectivity index is 1.34. The van der Waals surface area contributed by atoms with Crippen molar-refractivity contribution in [1.29, 1.82) is 0 Å². The first-order valence-corrected chi connectivity index (χ1v) is 8.38. The molecule has 0 amide bonds. The van der Waals surface area contributed by atoms with E-state index in [9.17, 15) is 10.2 Å². The molecule has 0 bridgehead atoms. The van der Waals surface area contributed by atoms with Gasteiger partial charge in [-0.2, -0.15) is 0 Å². The van der Waals surface area contributed by atoms with Crippen molar-refractivity contribution in [2.45, 2.75) is 43.7 Å². The molecule has 1 spiro atoms. The lowest BCUT2D eigenvalue weighted by molar-refractivity contribution is -0.275. The molecule has 120 valence electrons. The monoisotopic (exact) mass is 304 g/mol. The van der Waals surface area contributed by atoms with Gasteiger partial charge in [0, 0.05) is 12.3 Å². The first-order chi connectivity index (χ1) is 10.7. The Hall–Kier alpha value is -0.940. The minimum absolute atomic E-state index is 0.250. The van der Waals surface area contributed by atoms with Gasteiger partial charge in [-0.15, -0.1) is 0 Å². The van der Waals surface area contributed by atoms with Gasteiger partial charge < -0.3 is 19.7 Å². The van der Waals surface area contributed by atoms with E-state index in [-0.39, 0.29) is 12.0 Å². The van der Waals surface area contributed by atoms with Crippen LogP contribution in [0.2, 0.25) is 0 Å². The van der Waals surface area contributed by atoms with E-state index < -0.39 is 11.9 Å². The lowest BCUT2D eigenvalue weighted by atomic mass is 9.69. The van der Waals surface area contributed by atoms with Gasteiger partial charge in [-0.3, -0.25) is 0 Å². The summed E-state index contributed by atoms with van der Waals surface area (Å²) in [6.45, 7) is 1.35. The molecule has 1 aromatic carbocycles. The zero-order valence-electron chi connectivity index (χ0n) is 12.7. The molecule has 2 N–H and O–H groups in total. The molecule has 0 aromatic heterocycles. The van der Waals surface area contributed by atoms with Crippen LogP contribution >= 0.6 is 0 Å². The molecule has 4 rings (SSSR count). The lowest BCUT2D eigenvalue weighted by Crippen LogP contribution is -2.54. The second kappa shape index (κ2) is 5.60. The maximum absolute atomic E-state index is 10.5. The Labute approximate surface area is 131 Å². The molecule has 0 radical (unpaired) electrons. The third-order valence-electron chi connectivity index (χ3n) is 5.85. The summed E-state index contributed by atoms with van der Waals surface area (Å²) in [6, 6.07) is 9.75. The SMILES string of the molecule is OC(CCC1CC2C(CC23OCCO3)C1O)c1ccccc1. The largest absolute Gasteiger partial charge is 0.393 e. The highest BCUT2D eigenvalue weighted by molar-refractivity contribution is 5.17. The maximum atomic E-state index is 10.5. The van der Waals surface area contributed by atoms with Gasteiger partial charge in [0.25, 0.3) is 0 Å². The highest BCUT2D eigenvalue weighted by Crippen LogP contribution is 2.59. The van der Waals surface area contributed by atoms with Crippen LogP contribution in [0.4, 0.5) is 0 Å². The van der Waals surface area contributed by atoms with Gasteiger partial charge in [0.15, 0.2) is 5.79 Å². The van der Waals surface area contributed by atoms with E-state index >= 15 is 0 Å². The summed E-state index contributed by atoms with van der Waals surface area (Å²) in [5, 5.41) is 20.8. The Morgan fingerprint density at radius 2 is 1.91 bits per heavy atom. The molecule has 1 aromatic rings. The minimum Gasteiger partial charge on any atom is -0.393 e. The summed E-state index contributed by atoms with van der Waals surface area (Å²) >= 11 is 0.